The van der Waals surface area contributed by atoms with Crippen molar-refractivity contribution in [2.75, 3.05) is 13.2 Å². The molecule has 5 heteroatoms. The lowest BCUT2D eigenvalue weighted by molar-refractivity contribution is -0.671. The summed E-state index contributed by atoms with van der Waals surface area (Å²) >= 11 is 0. The van der Waals surface area contributed by atoms with Gasteiger partial charge in [-0.25, -0.2) is 4.57 Å². The van der Waals surface area contributed by atoms with Crippen molar-refractivity contribution < 1.29 is 18.2 Å². The number of rotatable bonds is 29. The highest BCUT2D eigenvalue weighted by Gasteiger charge is 2.28. The van der Waals surface area contributed by atoms with Gasteiger partial charge in [-0.1, -0.05) is 155 Å². The molecule has 0 saturated heterocycles. The second-order valence-corrected chi connectivity index (χ2v) is 13.7. The molecule has 0 radical (unpaired) electrons. The van der Waals surface area contributed by atoms with Crippen molar-refractivity contribution in [1.29, 1.82) is 0 Å². The first kappa shape index (κ1) is 36.3. The molecule has 0 amide bonds. The van der Waals surface area contributed by atoms with Crippen LogP contribution in [0.3, 0.4) is 0 Å². The Morgan fingerprint density at radius 3 is 1.10 bits per heavy atom. The van der Waals surface area contributed by atoms with E-state index in [2.05, 4.69) is 13.8 Å². The Morgan fingerprint density at radius 2 is 0.795 bits per heavy atom. The predicted octanol–water partition coefficient (Wildman–Crippen LogP) is 10.8. The summed E-state index contributed by atoms with van der Waals surface area (Å²) in [5.74, 6) is 0. The Morgan fingerprint density at radius 1 is 0.513 bits per heavy atom. The molecule has 1 heterocycles. The molecule has 0 aromatic carbocycles. The first-order chi connectivity index (χ1) is 19.1. The number of aryl methyl sites for hydroxylation is 1. The highest BCUT2D eigenvalue weighted by atomic mass is 31.2. The summed E-state index contributed by atoms with van der Waals surface area (Å²) < 4.78 is 27.6. The lowest BCUT2D eigenvalue weighted by Gasteiger charge is -2.18. The smallest absolute Gasteiger partial charge is 0.305 e. The standard InChI is InChI=1S/C34H65NO3P/c1-4-6-8-10-12-14-16-18-20-22-24-26-32-37-39(36,34-28-30-35(3)31-29-34)38-33-27-25-23-21-19-17-15-13-11-9-7-5-2/h28-31H,4-27,32-33H2,1-3H3/q+1. The molecule has 0 aliphatic rings. The summed E-state index contributed by atoms with van der Waals surface area (Å²) in [6.07, 6.45) is 35.2. The molecule has 0 spiro atoms. The van der Waals surface area contributed by atoms with Crippen LogP contribution >= 0.6 is 7.60 Å². The molecule has 1 rings (SSSR count). The lowest BCUT2D eigenvalue weighted by Crippen LogP contribution is -2.28. The van der Waals surface area contributed by atoms with Crippen LogP contribution in [0.1, 0.15) is 168 Å². The number of aromatic nitrogens is 1. The zero-order valence-corrected chi connectivity index (χ0v) is 27.2. The van der Waals surface area contributed by atoms with Gasteiger partial charge in [0.25, 0.3) is 0 Å². The summed E-state index contributed by atoms with van der Waals surface area (Å²) in [5, 5.41) is 0.679. The number of nitrogens with zero attached hydrogens (tertiary/aromatic N) is 1. The maximum atomic E-state index is 13.7. The summed E-state index contributed by atoms with van der Waals surface area (Å²) in [7, 11) is -1.30. The monoisotopic (exact) mass is 566 g/mol. The van der Waals surface area contributed by atoms with Gasteiger partial charge in [-0.15, -0.1) is 0 Å². The zero-order chi connectivity index (χ0) is 28.3. The average molecular weight is 567 g/mol. The van der Waals surface area contributed by atoms with E-state index in [1.54, 1.807) is 0 Å². The van der Waals surface area contributed by atoms with E-state index in [1.165, 1.54) is 128 Å². The molecule has 0 atom stereocenters. The van der Waals surface area contributed by atoms with Crippen molar-refractivity contribution in [2.45, 2.75) is 168 Å². The van der Waals surface area contributed by atoms with Gasteiger partial charge in [0.2, 0.25) is 0 Å². The highest BCUT2D eigenvalue weighted by molar-refractivity contribution is 7.62. The van der Waals surface area contributed by atoms with Crippen molar-refractivity contribution >= 4 is 12.9 Å². The summed E-state index contributed by atoms with van der Waals surface area (Å²) in [4.78, 5) is 0. The van der Waals surface area contributed by atoms with Gasteiger partial charge in [0.05, 0.1) is 18.5 Å². The van der Waals surface area contributed by atoms with Crippen LogP contribution in [0.2, 0.25) is 0 Å². The molecular weight excluding hydrogens is 501 g/mol. The number of hydrogen-bond acceptors (Lipinski definition) is 3. The van der Waals surface area contributed by atoms with Gasteiger partial charge in [0.1, 0.15) is 7.05 Å². The summed E-state index contributed by atoms with van der Waals surface area (Å²) in [6.45, 7) is 5.57. The molecule has 228 valence electrons. The molecule has 0 bridgehead atoms. The van der Waals surface area contributed by atoms with Gasteiger partial charge < -0.3 is 9.05 Å². The molecule has 0 fully saturated rings. The molecular formula is C34H65NO3P+. The Balaban J connectivity index is 2.17. The van der Waals surface area contributed by atoms with E-state index >= 15 is 0 Å². The molecule has 4 nitrogen and oxygen atoms in total. The quantitative estimate of drug-likeness (QED) is 0.0550. The van der Waals surface area contributed by atoms with E-state index in [0.29, 0.717) is 18.5 Å². The molecule has 0 unspecified atom stereocenters. The predicted molar refractivity (Wildman–Crippen MR) is 169 cm³/mol. The van der Waals surface area contributed by atoms with Gasteiger partial charge in [0.15, 0.2) is 12.4 Å². The van der Waals surface area contributed by atoms with Crippen LogP contribution in [0, 0.1) is 0 Å². The zero-order valence-electron chi connectivity index (χ0n) is 26.3. The van der Waals surface area contributed by atoms with E-state index in [1.807, 2.05) is 36.1 Å². The minimum Gasteiger partial charge on any atom is -0.305 e. The molecule has 0 aliphatic carbocycles. The number of pyridine rings is 1. The summed E-state index contributed by atoms with van der Waals surface area (Å²) in [6, 6.07) is 3.76. The molecule has 39 heavy (non-hydrogen) atoms. The first-order valence-electron chi connectivity index (χ1n) is 17.0. The van der Waals surface area contributed by atoms with E-state index in [0.717, 1.165) is 25.7 Å². The van der Waals surface area contributed by atoms with Gasteiger partial charge in [-0.05, 0) is 12.8 Å². The third-order valence-electron chi connectivity index (χ3n) is 7.80. The van der Waals surface area contributed by atoms with Crippen molar-refractivity contribution in [1.82, 2.24) is 0 Å². The third kappa shape index (κ3) is 20.8. The largest absolute Gasteiger partial charge is 0.361 e. The molecule has 0 N–H and O–H groups in total. The first-order valence-corrected chi connectivity index (χ1v) is 18.5. The van der Waals surface area contributed by atoms with Gasteiger partial charge in [-0.3, -0.25) is 4.57 Å². The molecule has 0 aliphatic heterocycles. The lowest BCUT2D eigenvalue weighted by atomic mass is 10.1. The normalized spacial score (nSPS) is 11.9. The van der Waals surface area contributed by atoms with E-state index < -0.39 is 7.60 Å². The van der Waals surface area contributed by atoms with E-state index in [-0.39, 0.29) is 0 Å². The van der Waals surface area contributed by atoms with Crippen LogP contribution in [0.4, 0.5) is 0 Å². The van der Waals surface area contributed by atoms with Gasteiger partial charge >= 0.3 is 7.60 Å². The Bertz CT molecular complexity index is 660. The van der Waals surface area contributed by atoms with E-state index in [9.17, 15) is 4.57 Å². The van der Waals surface area contributed by atoms with Gasteiger partial charge in [0, 0.05) is 12.1 Å². The van der Waals surface area contributed by atoms with E-state index in [4.69, 9.17) is 9.05 Å². The van der Waals surface area contributed by atoms with Crippen LogP contribution in [-0.4, -0.2) is 13.2 Å². The molecule has 1 aromatic heterocycles. The number of unbranched alkanes of at least 4 members (excludes halogenated alkanes) is 22. The minimum absolute atomic E-state index is 0.508. The highest BCUT2D eigenvalue weighted by Crippen LogP contribution is 2.47. The van der Waals surface area contributed by atoms with Crippen LogP contribution in [-0.2, 0) is 20.7 Å². The van der Waals surface area contributed by atoms with Crippen LogP contribution in [0.15, 0.2) is 24.5 Å². The second-order valence-electron chi connectivity index (χ2n) is 11.7. The topological polar surface area (TPSA) is 39.4 Å². The van der Waals surface area contributed by atoms with Crippen LogP contribution in [0.25, 0.3) is 0 Å². The molecule has 1 aromatic rings. The van der Waals surface area contributed by atoms with Gasteiger partial charge in [-0.2, -0.15) is 0 Å². The Kier molecular flexibility index (Phi) is 24.4. The molecule has 0 saturated carbocycles. The van der Waals surface area contributed by atoms with Crippen molar-refractivity contribution in [3.05, 3.63) is 24.5 Å². The fourth-order valence-corrected chi connectivity index (χ4v) is 6.73. The fraction of sp³-hybridized carbons (Fsp3) is 0.853. The Hall–Kier alpha value is -0.700. The maximum Gasteiger partial charge on any atom is 0.361 e. The van der Waals surface area contributed by atoms with Crippen molar-refractivity contribution in [3.63, 3.8) is 0 Å². The van der Waals surface area contributed by atoms with Crippen LogP contribution in [0.5, 0.6) is 0 Å². The van der Waals surface area contributed by atoms with Crippen molar-refractivity contribution in [3.8, 4) is 0 Å². The fourth-order valence-electron chi connectivity index (χ4n) is 5.12. The van der Waals surface area contributed by atoms with Crippen LogP contribution < -0.4 is 9.87 Å². The Labute approximate surface area is 243 Å². The minimum atomic E-state index is -3.27. The van der Waals surface area contributed by atoms with Crippen molar-refractivity contribution in [2.24, 2.45) is 7.05 Å². The number of hydrogen-bond donors (Lipinski definition) is 0. The maximum absolute atomic E-state index is 13.7. The third-order valence-corrected chi connectivity index (χ3v) is 9.77. The SMILES string of the molecule is CCCCCCCCCCCCCCOP(=O)(OCCCCCCCCCCCCCC)c1cc[n+](C)cc1. The average Bonchev–Trinajstić information content (AvgIpc) is 2.94. The summed E-state index contributed by atoms with van der Waals surface area (Å²) in [5.41, 5.74) is 0. The second kappa shape index (κ2) is 26.2.